The van der Waals surface area contributed by atoms with Crippen molar-refractivity contribution in [2.45, 2.75) is 18.8 Å². The average Bonchev–Trinajstić information content (AvgIpc) is 3.01. The lowest BCUT2D eigenvalue weighted by Gasteiger charge is -2.29. The number of carbonyl (C=O) groups is 1. The van der Waals surface area contributed by atoms with Crippen molar-refractivity contribution in [3.05, 3.63) is 48.2 Å². The molecule has 122 valence electrons. The third-order valence-corrected chi connectivity index (χ3v) is 3.90. The number of amides is 1. The van der Waals surface area contributed by atoms with Crippen LogP contribution >= 0.6 is 0 Å². The van der Waals surface area contributed by atoms with Gasteiger partial charge < -0.3 is 9.73 Å². The maximum atomic E-state index is 13.1. The van der Waals surface area contributed by atoms with Crippen molar-refractivity contribution < 1.29 is 18.0 Å². The number of nitrogens with one attached hydrogen (secondary N) is 1. The Labute approximate surface area is 132 Å². The summed E-state index contributed by atoms with van der Waals surface area (Å²) < 4.78 is 31.5. The zero-order valence-corrected chi connectivity index (χ0v) is 12.5. The maximum Gasteiger partial charge on any atom is 0.238 e. The largest absolute Gasteiger partial charge is 0.449 e. The first-order valence-electron chi connectivity index (χ1n) is 7.48. The fraction of sp³-hybridized carbons (Fsp3) is 0.375. The van der Waals surface area contributed by atoms with Gasteiger partial charge in [0.15, 0.2) is 5.89 Å². The van der Waals surface area contributed by atoms with Gasteiger partial charge in [-0.3, -0.25) is 9.69 Å². The van der Waals surface area contributed by atoms with E-state index in [0.717, 1.165) is 50.0 Å². The van der Waals surface area contributed by atoms with Crippen molar-refractivity contribution in [3.8, 4) is 0 Å². The lowest BCUT2D eigenvalue weighted by atomic mass is 9.97. The van der Waals surface area contributed by atoms with Gasteiger partial charge in [0.05, 0.1) is 12.7 Å². The van der Waals surface area contributed by atoms with E-state index < -0.39 is 11.6 Å². The Morgan fingerprint density at radius 1 is 1.26 bits per heavy atom. The molecular formula is C16H17F2N3O2. The number of likely N-dealkylation sites (tertiary alicyclic amines) is 1. The number of halogens is 2. The predicted octanol–water partition coefficient (Wildman–Crippen LogP) is 2.77. The number of benzene rings is 1. The molecule has 2 heterocycles. The highest BCUT2D eigenvalue weighted by Crippen LogP contribution is 2.26. The summed E-state index contributed by atoms with van der Waals surface area (Å²) in [5.41, 5.74) is 0.127. The van der Waals surface area contributed by atoms with E-state index in [1.807, 2.05) is 4.90 Å². The summed E-state index contributed by atoms with van der Waals surface area (Å²) in [6, 6.07) is 2.95. The second-order valence-corrected chi connectivity index (χ2v) is 5.63. The van der Waals surface area contributed by atoms with Crippen LogP contribution in [-0.4, -0.2) is 35.4 Å². The zero-order chi connectivity index (χ0) is 16.2. The predicted molar refractivity (Wildman–Crippen MR) is 79.9 cm³/mol. The number of aromatic nitrogens is 1. The van der Waals surface area contributed by atoms with Crippen molar-refractivity contribution in [2.75, 3.05) is 25.0 Å². The van der Waals surface area contributed by atoms with Crippen molar-refractivity contribution in [1.29, 1.82) is 0 Å². The Balaban J connectivity index is 1.49. The molecule has 2 aromatic rings. The molecule has 1 fully saturated rings. The van der Waals surface area contributed by atoms with Crippen LogP contribution in [-0.2, 0) is 4.79 Å². The maximum absolute atomic E-state index is 13.1. The minimum absolute atomic E-state index is 0.127. The summed E-state index contributed by atoms with van der Waals surface area (Å²) in [5.74, 6) is -0.699. The van der Waals surface area contributed by atoms with E-state index in [9.17, 15) is 13.6 Å². The van der Waals surface area contributed by atoms with Crippen LogP contribution in [0.25, 0.3) is 0 Å². The van der Waals surface area contributed by atoms with Crippen LogP contribution in [0.4, 0.5) is 14.5 Å². The van der Waals surface area contributed by atoms with E-state index in [1.165, 1.54) is 0 Å². The average molecular weight is 321 g/mol. The molecule has 1 aromatic carbocycles. The number of hydrogen-bond donors (Lipinski definition) is 1. The van der Waals surface area contributed by atoms with Gasteiger partial charge in [0.1, 0.15) is 17.9 Å². The fourth-order valence-electron chi connectivity index (χ4n) is 2.80. The van der Waals surface area contributed by atoms with E-state index in [2.05, 4.69) is 10.3 Å². The molecule has 7 heteroatoms. The molecule has 5 nitrogen and oxygen atoms in total. The van der Waals surface area contributed by atoms with Gasteiger partial charge in [0.25, 0.3) is 0 Å². The molecule has 0 atom stereocenters. The van der Waals surface area contributed by atoms with Crippen LogP contribution in [0.2, 0.25) is 0 Å². The van der Waals surface area contributed by atoms with Gasteiger partial charge in [-0.05, 0) is 38.1 Å². The Bertz CT molecular complexity index is 648. The van der Waals surface area contributed by atoms with Crippen molar-refractivity contribution in [1.82, 2.24) is 9.88 Å². The number of rotatable bonds is 4. The normalized spacial score (nSPS) is 16.4. The lowest BCUT2D eigenvalue weighted by molar-refractivity contribution is -0.117. The Morgan fingerprint density at radius 2 is 1.96 bits per heavy atom. The number of anilines is 1. The molecule has 1 N–H and O–H groups in total. The molecule has 0 radical (unpaired) electrons. The molecule has 1 aromatic heterocycles. The molecule has 0 aliphatic carbocycles. The van der Waals surface area contributed by atoms with Gasteiger partial charge in [-0.25, -0.2) is 13.8 Å². The van der Waals surface area contributed by atoms with Crippen LogP contribution in [0.1, 0.15) is 24.7 Å². The monoisotopic (exact) mass is 321 g/mol. The molecule has 0 spiro atoms. The van der Waals surface area contributed by atoms with Crippen molar-refractivity contribution in [2.24, 2.45) is 0 Å². The van der Waals surface area contributed by atoms with Crippen LogP contribution < -0.4 is 5.32 Å². The van der Waals surface area contributed by atoms with Gasteiger partial charge >= 0.3 is 0 Å². The summed E-state index contributed by atoms with van der Waals surface area (Å²) in [5, 5.41) is 2.52. The van der Waals surface area contributed by atoms with Crippen molar-refractivity contribution >= 4 is 11.6 Å². The first-order chi connectivity index (χ1) is 11.1. The molecule has 0 unspecified atom stereocenters. The smallest absolute Gasteiger partial charge is 0.238 e. The summed E-state index contributed by atoms with van der Waals surface area (Å²) >= 11 is 0. The standard InChI is InChI=1S/C16H17F2N3O2/c17-12-7-13(18)9-14(8-12)20-15(22)10-21-4-1-11(2-5-21)16-19-3-6-23-16/h3,6-9,11H,1-2,4-5,10H2,(H,20,22). The van der Waals surface area contributed by atoms with E-state index >= 15 is 0 Å². The minimum atomic E-state index is -0.716. The fourth-order valence-corrected chi connectivity index (χ4v) is 2.80. The zero-order valence-electron chi connectivity index (χ0n) is 12.5. The molecule has 1 aliphatic heterocycles. The van der Waals surface area contributed by atoms with Gasteiger partial charge in [0, 0.05) is 17.7 Å². The quantitative estimate of drug-likeness (QED) is 0.941. The summed E-state index contributed by atoms with van der Waals surface area (Å²) in [4.78, 5) is 18.2. The second kappa shape index (κ2) is 6.87. The molecule has 1 aliphatic rings. The van der Waals surface area contributed by atoms with Gasteiger partial charge in [-0.2, -0.15) is 0 Å². The first-order valence-corrected chi connectivity index (χ1v) is 7.48. The first kappa shape index (κ1) is 15.6. The van der Waals surface area contributed by atoms with Crippen LogP contribution in [0, 0.1) is 11.6 Å². The Kier molecular flexibility index (Phi) is 4.66. The summed E-state index contributed by atoms with van der Waals surface area (Å²) in [6.07, 6.45) is 4.92. The molecule has 23 heavy (non-hydrogen) atoms. The highest BCUT2D eigenvalue weighted by atomic mass is 19.1. The molecule has 1 amide bonds. The van der Waals surface area contributed by atoms with E-state index in [4.69, 9.17) is 4.42 Å². The van der Waals surface area contributed by atoms with Crippen molar-refractivity contribution in [3.63, 3.8) is 0 Å². The second-order valence-electron chi connectivity index (χ2n) is 5.63. The van der Waals surface area contributed by atoms with E-state index in [1.54, 1.807) is 12.5 Å². The molecular weight excluding hydrogens is 304 g/mol. The third-order valence-electron chi connectivity index (χ3n) is 3.90. The summed E-state index contributed by atoms with van der Waals surface area (Å²) in [6.45, 7) is 1.69. The molecule has 0 saturated carbocycles. The Morgan fingerprint density at radius 3 is 2.57 bits per heavy atom. The van der Waals surface area contributed by atoms with Crippen LogP contribution in [0.5, 0.6) is 0 Å². The lowest BCUT2D eigenvalue weighted by Crippen LogP contribution is -2.38. The SMILES string of the molecule is O=C(CN1CCC(c2ncco2)CC1)Nc1cc(F)cc(F)c1. The summed E-state index contributed by atoms with van der Waals surface area (Å²) in [7, 11) is 0. The van der Waals surface area contributed by atoms with E-state index in [-0.39, 0.29) is 24.1 Å². The number of piperidine rings is 1. The highest BCUT2D eigenvalue weighted by molar-refractivity contribution is 5.92. The number of carbonyl (C=O) groups excluding carboxylic acids is 1. The highest BCUT2D eigenvalue weighted by Gasteiger charge is 2.24. The number of hydrogen-bond acceptors (Lipinski definition) is 4. The van der Waals surface area contributed by atoms with Gasteiger partial charge in [-0.1, -0.05) is 0 Å². The molecule has 0 bridgehead atoms. The van der Waals surface area contributed by atoms with E-state index in [0.29, 0.717) is 0 Å². The van der Waals surface area contributed by atoms with Gasteiger partial charge in [0.2, 0.25) is 5.91 Å². The third kappa shape index (κ3) is 4.13. The topological polar surface area (TPSA) is 58.4 Å². The number of oxazole rings is 1. The number of nitrogens with zero attached hydrogens (tertiary/aromatic N) is 2. The van der Waals surface area contributed by atoms with Crippen LogP contribution in [0.15, 0.2) is 35.1 Å². The molecule has 3 rings (SSSR count). The van der Waals surface area contributed by atoms with Crippen LogP contribution in [0.3, 0.4) is 0 Å². The Hall–Kier alpha value is -2.28. The molecule has 1 saturated heterocycles. The minimum Gasteiger partial charge on any atom is -0.449 e. The van der Waals surface area contributed by atoms with Gasteiger partial charge in [-0.15, -0.1) is 0 Å².